The molecule has 2 rings (SSSR count). The molecule has 0 spiro atoms. The SMILES string of the molecule is CC(C)C(c1cccs1)N1C(=O)CC(=O)NC1=O. The number of imide groups is 2. The van der Waals surface area contributed by atoms with Crippen molar-refractivity contribution >= 4 is 29.2 Å². The average molecular weight is 266 g/mol. The summed E-state index contributed by atoms with van der Waals surface area (Å²) in [4.78, 5) is 37.0. The van der Waals surface area contributed by atoms with Crippen LogP contribution in [0.15, 0.2) is 17.5 Å². The Kier molecular flexibility index (Phi) is 3.47. The topological polar surface area (TPSA) is 66.5 Å². The van der Waals surface area contributed by atoms with Gasteiger partial charge in [-0.2, -0.15) is 0 Å². The lowest BCUT2D eigenvalue weighted by molar-refractivity contribution is -0.138. The molecule has 1 aliphatic rings. The second kappa shape index (κ2) is 4.89. The third kappa shape index (κ3) is 2.28. The minimum Gasteiger partial charge on any atom is -0.277 e. The Bertz CT molecular complexity index is 462. The number of rotatable bonds is 3. The molecule has 5 nitrogen and oxygen atoms in total. The molecular weight excluding hydrogens is 252 g/mol. The number of barbiturate groups is 1. The molecule has 0 radical (unpaired) electrons. The lowest BCUT2D eigenvalue weighted by Gasteiger charge is -2.34. The van der Waals surface area contributed by atoms with Crippen LogP contribution in [0.2, 0.25) is 0 Å². The van der Waals surface area contributed by atoms with Crippen molar-refractivity contribution < 1.29 is 14.4 Å². The standard InChI is InChI=1S/C12H14N2O3S/c1-7(2)11(8-4-3-5-18-8)14-10(16)6-9(15)13-12(14)17/h3-5,7,11H,6H2,1-2H3,(H,13,15,17). The number of hydrogen-bond donors (Lipinski definition) is 1. The molecule has 1 aliphatic heterocycles. The fourth-order valence-electron chi connectivity index (χ4n) is 2.05. The highest BCUT2D eigenvalue weighted by molar-refractivity contribution is 7.10. The molecule has 0 saturated carbocycles. The third-order valence-corrected chi connectivity index (χ3v) is 3.73. The summed E-state index contributed by atoms with van der Waals surface area (Å²) in [6, 6.07) is 2.84. The maximum absolute atomic E-state index is 11.9. The van der Waals surface area contributed by atoms with E-state index in [0.717, 1.165) is 9.78 Å². The summed E-state index contributed by atoms with van der Waals surface area (Å²) in [6.45, 7) is 3.89. The highest BCUT2D eigenvalue weighted by Gasteiger charge is 2.38. The predicted octanol–water partition coefficient (Wildman–Crippen LogP) is 1.91. The van der Waals surface area contributed by atoms with Gasteiger partial charge in [0.05, 0.1) is 6.04 Å². The van der Waals surface area contributed by atoms with Crippen LogP contribution >= 0.6 is 11.3 Å². The van der Waals surface area contributed by atoms with E-state index in [1.807, 2.05) is 31.4 Å². The summed E-state index contributed by atoms with van der Waals surface area (Å²) in [6.07, 6.45) is -0.264. The summed E-state index contributed by atoms with van der Waals surface area (Å²) in [5.41, 5.74) is 0. The van der Waals surface area contributed by atoms with Crippen molar-refractivity contribution in [3.63, 3.8) is 0 Å². The van der Waals surface area contributed by atoms with Crippen molar-refractivity contribution in [1.29, 1.82) is 0 Å². The second-order valence-electron chi connectivity index (χ2n) is 4.50. The van der Waals surface area contributed by atoms with Gasteiger partial charge in [0.1, 0.15) is 6.42 Å². The fourth-order valence-corrected chi connectivity index (χ4v) is 3.04. The van der Waals surface area contributed by atoms with Crippen LogP contribution < -0.4 is 5.32 Å². The van der Waals surface area contributed by atoms with Crippen LogP contribution in [-0.2, 0) is 9.59 Å². The van der Waals surface area contributed by atoms with Gasteiger partial charge in [0.2, 0.25) is 11.8 Å². The lowest BCUT2D eigenvalue weighted by Crippen LogP contribution is -2.54. The molecule has 0 aliphatic carbocycles. The smallest absolute Gasteiger partial charge is 0.277 e. The van der Waals surface area contributed by atoms with Gasteiger partial charge in [-0.05, 0) is 17.4 Å². The number of carbonyl (C=O) groups excluding carboxylic acids is 3. The first-order valence-electron chi connectivity index (χ1n) is 5.70. The summed E-state index contributed by atoms with van der Waals surface area (Å²) in [5, 5.41) is 4.09. The van der Waals surface area contributed by atoms with Gasteiger partial charge in [0, 0.05) is 4.88 Å². The molecule has 96 valence electrons. The monoisotopic (exact) mass is 266 g/mol. The lowest BCUT2D eigenvalue weighted by atomic mass is 10.00. The Labute approximate surface area is 109 Å². The Morgan fingerprint density at radius 3 is 2.56 bits per heavy atom. The minimum absolute atomic E-state index is 0.0894. The van der Waals surface area contributed by atoms with E-state index in [4.69, 9.17) is 0 Å². The van der Waals surface area contributed by atoms with Gasteiger partial charge >= 0.3 is 6.03 Å². The first kappa shape index (κ1) is 12.8. The number of hydrogen-bond acceptors (Lipinski definition) is 4. The van der Waals surface area contributed by atoms with Crippen LogP contribution in [0.4, 0.5) is 4.79 Å². The molecule has 1 saturated heterocycles. The van der Waals surface area contributed by atoms with Gasteiger partial charge in [0.15, 0.2) is 0 Å². The van der Waals surface area contributed by atoms with Crippen LogP contribution in [0.1, 0.15) is 31.2 Å². The molecule has 4 amide bonds. The molecule has 6 heteroatoms. The molecule has 2 heterocycles. The minimum atomic E-state index is -0.622. The molecule has 1 aromatic rings. The van der Waals surface area contributed by atoms with Gasteiger partial charge in [-0.1, -0.05) is 19.9 Å². The molecule has 0 aromatic carbocycles. The maximum Gasteiger partial charge on any atom is 0.331 e. The van der Waals surface area contributed by atoms with Crippen molar-refractivity contribution in [2.75, 3.05) is 0 Å². The van der Waals surface area contributed by atoms with Crippen LogP contribution in [-0.4, -0.2) is 22.7 Å². The van der Waals surface area contributed by atoms with Crippen molar-refractivity contribution in [3.05, 3.63) is 22.4 Å². The Morgan fingerprint density at radius 2 is 2.06 bits per heavy atom. The molecule has 0 bridgehead atoms. The second-order valence-corrected chi connectivity index (χ2v) is 5.48. The zero-order valence-electron chi connectivity index (χ0n) is 10.2. The van der Waals surface area contributed by atoms with Crippen LogP contribution in [0.3, 0.4) is 0 Å². The number of urea groups is 1. The zero-order chi connectivity index (χ0) is 13.3. The Balaban J connectivity index is 2.34. The summed E-state index contributed by atoms with van der Waals surface area (Å²) in [5.74, 6) is -0.877. The van der Waals surface area contributed by atoms with Crippen LogP contribution in [0, 0.1) is 5.92 Å². The zero-order valence-corrected chi connectivity index (χ0v) is 11.0. The van der Waals surface area contributed by atoms with Crippen LogP contribution in [0.5, 0.6) is 0 Å². The highest BCUT2D eigenvalue weighted by atomic mass is 32.1. The molecule has 1 fully saturated rings. The van der Waals surface area contributed by atoms with Crippen molar-refractivity contribution in [1.82, 2.24) is 10.2 Å². The third-order valence-electron chi connectivity index (χ3n) is 2.79. The fraction of sp³-hybridized carbons (Fsp3) is 0.417. The maximum atomic E-state index is 11.9. The number of carbonyl (C=O) groups is 3. The average Bonchev–Trinajstić information content (AvgIpc) is 2.75. The quantitative estimate of drug-likeness (QED) is 0.850. The molecule has 1 unspecified atom stereocenters. The van der Waals surface area contributed by atoms with Gasteiger partial charge in [-0.3, -0.25) is 19.8 Å². The van der Waals surface area contributed by atoms with Gasteiger partial charge in [-0.25, -0.2) is 4.79 Å². The molecular formula is C12H14N2O3S. The number of nitrogens with zero attached hydrogens (tertiary/aromatic N) is 1. The number of thiophene rings is 1. The van der Waals surface area contributed by atoms with E-state index in [1.54, 1.807) is 0 Å². The van der Waals surface area contributed by atoms with E-state index in [1.165, 1.54) is 11.3 Å². The largest absolute Gasteiger partial charge is 0.331 e. The molecule has 18 heavy (non-hydrogen) atoms. The first-order valence-corrected chi connectivity index (χ1v) is 6.58. The molecule has 1 N–H and O–H groups in total. The van der Waals surface area contributed by atoms with Crippen molar-refractivity contribution in [3.8, 4) is 0 Å². The van der Waals surface area contributed by atoms with E-state index in [0.29, 0.717) is 0 Å². The number of amides is 4. The van der Waals surface area contributed by atoms with E-state index >= 15 is 0 Å². The Morgan fingerprint density at radius 1 is 1.33 bits per heavy atom. The first-order chi connectivity index (χ1) is 8.50. The molecule has 1 aromatic heterocycles. The normalized spacial score (nSPS) is 18.2. The summed E-state index contributed by atoms with van der Waals surface area (Å²) in [7, 11) is 0. The number of nitrogens with one attached hydrogen (secondary N) is 1. The van der Waals surface area contributed by atoms with E-state index in [-0.39, 0.29) is 18.4 Å². The van der Waals surface area contributed by atoms with Crippen molar-refractivity contribution in [2.24, 2.45) is 5.92 Å². The summed E-state index contributed by atoms with van der Waals surface area (Å²) < 4.78 is 0. The molecule has 1 atom stereocenters. The van der Waals surface area contributed by atoms with Gasteiger partial charge in [-0.15, -0.1) is 11.3 Å². The van der Waals surface area contributed by atoms with E-state index < -0.39 is 17.8 Å². The van der Waals surface area contributed by atoms with Crippen molar-refractivity contribution in [2.45, 2.75) is 26.3 Å². The van der Waals surface area contributed by atoms with Gasteiger partial charge in [0.25, 0.3) is 0 Å². The Hall–Kier alpha value is -1.69. The van der Waals surface area contributed by atoms with Crippen LogP contribution in [0.25, 0.3) is 0 Å². The van der Waals surface area contributed by atoms with E-state index in [2.05, 4.69) is 5.32 Å². The van der Waals surface area contributed by atoms with Gasteiger partial charge < -0.3 is 0 Å². The predicted molar refractivity (Wildman–Crippen MR) is 66.9 cm³/mol. The highest BCUT2D eigenvalue weighted by Crippen LogP contribution is 2.33. The van der Waals surface area contributed by atoms with E-state index in [9.17, 15) is 14.4 Å². The summed E-state index contributed by atoms with van der Waals surface area (Å²) >= 11 is 1.50.